The topological polar surface area (TPSA) is 142 Å². The first-order valence-electron chi connectivity index (χ1n) is 13.7. The number of nitrogens with one attached hydrogen (secondary N) is 4. The molecule has 2 fully saturated rings. The van der Waals surface area contributed by atoms with Gasteiger partial charge in [-0.25, -0.2) is 0 Å². The van der Waals surface area contributed by atoms with Gasteiger partial charge in [0, 0.05) is 82.1 Å². The SMILES string of the molecule is O=C1CCC(CNC(=O)c2ccc(SSc3ccc(C(=O)NCC4CCC(=O)N4)c4cccnc34)c3ncccc23)N1. The maximum Gasteiger partial charge on any atom is 0.252 e. The predicted octanol–water partition coefficient (Wildman–Crippen LogP) is 3.60. The number of amides is 4. The average Bonchev–Trinajstić information content (AvgIpc) is 3.64. The standard InChI is InChI=1S/C30H28N6O4S2/c37-25-11-5-17(35-25)15-33-29(39)21-7-9-23(27-19(21)3-1-13-31-27)41-42-24-10-8-22(20-4-2-14-32-28(20)24)30(40)34-16-18-6-12-26(38)36-18/h1-4,7-10,13-14,17-18H,5-6,11-12,15-16H2,(H,33,39)(H,34,40)(H,35,37)(H,36,38). The number of hydrogen-bond donors (Lipinski definition) is 4. The van der Waals surface area contributed by atoms with Crippen LogP contribution >= 0.6 is 21.6 Å². The van der Waals surface area contributed by atoms with Gasteiger partial charge >= 0.3 is 0 Å². The molecule has 0 saturated carbocycles. The number of rotatable bonds is 9. The highest BCUT2D eigenvalue weighted by Crippen LogP contribution is 2.43. The maximum absolute atomic E-state index is 13.0. The largest absolute Gasteiger partial charge is 0.352 e. The summed E-state index contributed by atoms with van der Waals surface area (Å²) in [4.78, 5) is 59.9. The van der Waals surface area contributed by atoms with Crippen molar-refractivity contribution in [3.05, 3.63) is 72.1 Å². The van der Waals surface area contributed by atoms with Crippen LogP contribution in [0.5, 0.6) is 0 Å². The van der Waals surface area contributed by atoms with Crippen LogP contribution < -0.4 is 21.3 Å². The van der Waals surface area contributed by atoms with Gasteiger partial charge in [-0.3, -0.25) is 29.1 Å². The Balaban J connectivity index is 1.18. The normalized spacial score (nSPS) is 18.2. The van der Waals surface area contributed by atoms with Gasteiger partial charge in [0.25, 0.3) is 11.8 Å². The van der Waals surface area contributed by atoms with E-state index >= 15 is 0 Å². The lowest BCUT2D eigenvalue weighted by atomic mass is 10.1. The van der Waals surface area contributed by atoms with Crippen LogP contribution in [0.15, 0.2) is 70.7 Å². The first-order valence-corrected chi connectivity index (χ1v) is 15.9. The minimum atomic E-state index is -0.210. The molecule has 4 aromatic rings. The summed E-state index contributed by atoms with van der Waals surface area (Å²) in [6.45, 7) is 0.758. The summed E-state index contributed by atoms with van der Waals surface area (Å²) in [5.74, 6) is -0.394. The van der Waals surface area contributed by atoms with Crippen molar-refractivity contribution in [2.24, 2.45) is 0 Å². The van der Waals surface area contributed by atoms with E-state index in [-0.39, 0.29) is 35.7 Å². The Morgan fingerprint density at radius 3 is 1.57 bits per heavy atom. The third-order valence-electron chi connectivity index (χ3n) is 7.36. The average molecular weight is 601 g/mol. The highest BCUT2D eigenvalue weighted by Gasteiger charge is 2.23. The Labute approximate surface area is 249 Å². The van der Waals surface area contributed by atoms with E-state index in [0.29, 0.717) is 60.9 Å². The van der Waals surface area contributed by atoms with Gasteiger partial charge in [-0.15, -0.1) is 0 Å². The number of aromatic nitrogens is 2. The quantitative estimate of drug-likeness (QED) is 0.214. The van der Waals surface area contributed by atoms with Crippen molar-refractivity contribution in [2.45, 2.75) is 47.6 Å². The van der Waals surface area contributed by atoms with E-state index in [0.717, 1.165) is 20.6 Å². The molecule has 42 heavy (non-hydrogen) atoms. The summed E-state index contributed by atoms with van der Waals surface area (Å²) < 4.78 is 0. The lowest BCUT2D eigenvalue weighted by Gasteiger charge is -2.14. The van der Waals surface area contributed by atoms with Gasteiger partial charge in [-0.1, -0.05) is 33.7 Å². The van der Waals surface area contributed by atoms with Crippen molar-refractivity contribution >= 4 is 67.0 Å². The number of hydrogen-bond acceptors (Lipinski definition) is 8. The lowest BCUT2D eigenvalue weighted by Crippen LogP contribution is -2.38. The molecule has 0 radical (unpaired) electrons. The smallest absolute Gasteiger partial charge is 0.252 e. The molecule has 2 atom stereocenters. The van der Waals surface area contributed by atoms with Gasteiger partial charge in [0.05, 0.1) is 11.0 Å². The molecule has 0 bridgehead atoms. The van der Waals surface area contributed by atoms with E-state index in [1.54, 1.807) is 36.7 Å². The lowest BCUT2D eigenvalue weighted by molar-refractivity contribution is -0.120. The molecule has 4 N–H and O–H groups in total. The molecule has 0 aliphatic carbocycles. The van der Waals surface area contributed by atoms with Crippen molar-refractivity contribution in [1.29, 1.82) is 0 Å². The van der Waals surface area contributed by atoms with Crippen LogP contribution in [0.25, 0.3) is 21.8 Å². The zero-order valence-electron chi connectivity index (χ0n) is 22.5. The Kier molecular flexibility index (Phi) is 8.24. The molecule has 2 aliphatic rings. The fourth-order valence-corrected chi connectivity index (χ4v) is 7.45. The molecule has 2 unspecified atom stereocenters. The van der Waals surface area contributed by atoms with Gasteiger partial charge in [-0.05, 0) is 49.2 Å². The summed E-state index contributed by atoms with van der Waals surface area (Å²) in [5.41, 5.74) is 2.47. The van der Waals surface area contributed by atoms with Crippen LogP contribution in [0.2, 0.25) is 0 Å². The van der Waals surface area contributed by atoms with Gasteiger partial charge in [-0.2, -0.15) is 0 Å². The minimum Gasteiger partial charge on any atom is -0.352 e. The molecule has 0 spiro atoms. The Hall–Kier alpha value is -4.16. The number of carbonyl (C=O) groups is 4. The number of pyridine rings is 2. The zero-order chi connectivity index (χ0) is 29.1. The summed E-state index contributed by atoms with van der Waals surface area (Å²) in [7, 11) is 3.02. The van der Waals surface area contributed by atoms with E-state index in [4.69, 9.17) is 0 Å². The van der Waals surface area contributed by atoms with Crippen molar-refractivity contribution in [1.82, 2.24) is 31.2 Å². The van der Waals surface area contributed by atoms with E-state index in [1.165, 1.54) is 21.6 Å². The molecule has 2 aromatic heterocycles. The molecule has 10 nitrogen and oxygen atoms in total. The summed E-state index contributed by atoms with van der Waals surface area (Å²) in [5, 5.41) is 13.1. The van der Waals surface area contributed by atoms with Crippen molar-refractivity contribution < 1.29 is 19.2 Å². The van der Waals surface area contributed by atoms with E-state index < -0.39 is 0 Å². The summed E-state index contributed by atoms with van der Waals surface area (Å²) in [6, 6.07) is 14.6. The fraction of sp³-hybridized carbons (Fsp3) is 0.267. The number of benzene rings is 2. The highest BCUT2D eigenvalue weighted by molar-refractivity contribution is 8.76. The van der Waals surface area contributed by atoms with Gasteiger partial charge in [0.1, 0.15) is 0 Å². The van der Waals surface area contributed by atoms with Gasteiger partial charge in [0.15, 0.2) is 0 Å². The molecule has 12 heteroatoms. The molecular formula is C30H28N6O4S2. The third-order valence-corrected chi connectivity index (χ3v) is 9.79. The molecular weight excluding hydrogens is 573 g/mol. The Bertz CT molecular complexity index is 1590. The van der Waals surface area contributed by atoms with Crippen molar-refractivity contribution in [2.75, 3.05) is 13.1 Å². The van der Waals surface area contributed by atoms with Crippen LogP contribution in [0.3, 0.4) is 0 Å². The molecule has 2 aliphatic heterocycles. The number of nitrogens with zero attached hydrogens (tertiary/aromatic N) is 2. The molecule has 4 amide bonds. The Morgan fingerprint density at radius 1 is 0.714 bits per heavy atom. The molecule has 2 saturated heterocycles. The second-order valence-electron chi connectivity index (χ2n) is 10.2. The van der Waals surface area contributed by atoms with Crippen LogP contribution in [-0.4, -0.2) is 58.8 Å². The monoisotopic (exact) mass is 600 g/mol. The highest BCUT2D eigenvalue weighted by atomic mass is 33.1. The first-order chi connectivity index (χ1) is 20.5. The number of carbonyl (C=O) groups excluding carboxylic acids is 4. The minimum absolute atomic E-state index is 0.0132. The Morgan fingerprint density at radius 2 is 1.17 bits per heavy atom. The second kappa shape index (κ2) is 12.4. The first kappa shape index (κ1) is 28.0. The predicted molar refractivity (Wildman–Crippen MR) is 162 cm³/mol. The zero-order valence-corrected chi connectivity index (χ0v) is 24.1. The molecule has 214 valence electrons. The van der Waals surface area contributed by atoms with Crippen LogP contribution in [-0.2, 0) is 9.59 Å². The molecule has 4 heterocycles. The van der Waals surface area contributed by atoms with Crippen molar-refractivity contribution in [3.63, 3.8) is 0 Å². The van der Waals surface area contributed by atoms with E-state index in [2.05, 4.69) is 31.2 Å². The van der Waals surface area contributed by atoms with Gasteiger partial charge in [0.2, 0.25) is 11.8 Å². The summed E-state index contributed by atoms with van der Waals surface area (Å²) >= 11 is 0. The summed E-state index contributed by atoms with van der Waals surface area (Å²) in [6.07, 6.45) is 5.80. The van der Waals surface area contributed by atoms with Crippen LogP contribution in [0.1, 0.15) is 46.4 Å². The molecule has 2 aromatic carbocycles. The fourth-order valence-electron chi connectivity index (χ4n) is 5.20. The van der Waals surface area contributed by atoms with Crippen molar-refractivity contribution in [3.8, 4) is 0 Å². The van der Waals surface area contributed by atoms with Crippen LogP contribution in [0, 0.1) is 0 Å². The van der Waals surface area contributed by atoms with E-state index in [1.807, 2.05) is 24.3 Å². The maximum atomic E-state index is 13.0. The number of fused-ring (bicyclic) bond motifs is 2. The third kappa shape index (κ3) is 6.04. The van der Waals surface area contributed by atoms with Crippen LogP contribution in [0.4, 0.5) is 0 Å². The van der Waals surface area contributed by atoms with E-state index in [9.17, 15) is 19.2 Å². The van der Waals surface area contributed by atoms with Gasteiger partial charge < -0.3 is 21.3 Å². The molecule has 6 rings (SSSR count). The second-order valence-corrected chi connectivity index (χ2v) is 12.4.